The Morgan fingerprint density at radius 1 is 1.16 bits per heavy atom. The second kappa shape index (κ2) is 11.6. The number of aromatic nitrogens is 1. The number of nitrogens with two attached hydrogens (primary N) is 1. The Morgan fingerprint density at radius 3 is 2.66 bits per heavy atom. The Morgan fingerprint density at radius 2 is 1.95 bits per heavy atom. The van der Waals surface area contributed by atoms with E-state index in [0.717, 1.165) is 39.9 Å². The number of thiazole rings is 1. The molecule has 2 aliphatic heterocycles. The Kier molecular flexibility index (Phi) is 8.05. The van der Waals surface area contributed by atoms with Crippen LogP contribution in [0, 0.1) is 0 Å². The first-order chi connectivity index (χ1) is 18.4. The molecule has 1 atom stereocenters. The van der Waals surface area contributed by atoms with Gasteiger partial charge in [0.05, 0.1) is 21.7 Å². The number of anilines is 2. The monoisotopic (exact) mass is 553 g/mol. The highest BCUT2D eigenvalue weighted by Crippen LogP contribution is 2.25. The largest absolute Gasteiger partial charge is 0.395 e. The minimum Gasteiger partial charge on any atom is -0.395 e. The molecule has 1 fully saturated rings. The zero-order chi connectivity index (χ0) is 26.5. The van der Waals surface area contributed by atoms with Crippen molar-refractivity contribution in [3.05, 3.63) is 65.9 Å². The van der Waals surface area contributed by atoms with Crippen molar-refractivity contribution in [2.24, 2.45) is 4.99 Å². The van der Waals surface area contributed by atoms with E-state index in [2.05, 4.69) is 32.0 Å². The van der Waals surface area contributed by atoms with Gasteiger partial charge in [-0.15, -0.1) is 0 Å². The number of fused-ring (bicyclic) bond motifs is 1. The molecule has 0 saturated carbocycles. The van der Waals surface area contributed by atoms with Crippen molar-refractivity contribution >= 4 is 54.7 Å². The van der Waals surface area contributed by atoms with E-state index in [1.165, 1.54) is 15.6 Å². The topological polar surface area (TPSA) is 145 Å². The molecule has 1 unspecified atom stereocenters. The van der Waals surface area contributed by atoms with Gasteiger partial charge in [0.1, 0.15) is 0 Å². The lowest BCUT2D eigenvalue weighted by molar-refractivity contribution is 0.252. The van der Waals surface area contributed by atoms with Crippen LogP contribution in [-0.4, -0.2) is 67.6 Å². The molecule has 38 heavy (non-hydrogen) atoms. The molecule has 3 aromatic rings. The first kappa shape index (κ1) is 26.3. The number of piperidine rings is 1. The minimum atomic E-state index is -3.55. The van der Waals surface area contributed by atoms with Gasteiger partial charge in [-0.25, -0.2) is 18.4 Å². The maximum absolute atomic E-state index is 13.1. The Labute approximate surface area is 226 Å². The van der Waals surface area contributed by atoms with Crippen LogP contribution in [0.2, 0.25) is 0 Å². The van der Waals surface area contributed by atoms with Gasteiger partial charge < -0.3 is 26.8 Å². The van der Waals surface area contributed by atoms with Crippen molar-refractivity contribution in [3.8, 4) is 0 Å². The SMILES string of the molecule is Nc1nc2ccc(/C=C/C3=CNC(Nc4ccc(S(=O)(=O)N5CCC(NCCO)CC5)cc4)N=C3)cc2s1. The Balaban J connectivity index is 1.13. The summed E-state index contributed by atoms with van der Waals surface area (Å²) < 4.78 is 28.7. The molecule has 0 amide bonds. The normalized spacial score (nSPS) is 19.1. The molecule has 0 aliphatic carbocycles. The van der Waals surface area contributed by atoms with E-state index in [0.29, 0.717) is 24.8 Å². The fourth-order valence-electron chi connectivity index (χ4n) is 4.44. The third-order valence-electron chi connectivity index (χ3n) is 6.47. The van der Waals surface area contributed by atoms with Crippen LogP contribution in [0.1, 0.15) is 18.4 Å². The lowest BCUT2D eigenvalue weighted by Gasteiger charge is -2.31. The van der Waals surface area contributed by atoms with Crippen molar-refractivity contribution in [1.29, 1.82) is 0 Å². The molecule has 10 nitrogen and oxygen atoms in total. The number of rotatable bonds is 9. The third-order valence-corrected chi connectivity index (χ3v) is 9.23. The van der Waals surface area contributed by atoms with E-state index in [4.69, 9.17) is 10.8 Å². The van der Waals surface area contributed by atoms with Crippen LogP contribution in [0.25, 0.3) is 16.3 Å². The summed E-state index contributed by atoms with van der Waals surface area (Å²) in [6.07, 6.45) is 8.74. The summed E-state index contributed by atoms with van der Waals surface area (Å²) in [5.41, 5.74) is 9.41. The summed E-state index contributed by atoms with van der Waals surface area (Å²) in [7, 11) is -3.55. The standard InChI is InChI=1S/C26H31N7O3S2/c27-25-32-23-8-3-18(15-24(23)37-25)1-2-19-16-29-26(30-17-19)31-21-4-6-22(7-5-21)38(35,36)33-12-9-20(10-13-33)28-11-14-34/h1-8,15-17,20,26,28-29,31,34H,9-14H2,(H2,27,32)/b2-1+. The number of sulfonamides is 1. The molecule has 0 bridgehead atoms. The average Bonchev–Trinajstić information content (AvgIpc) is 3.31. The number of nitrogen functional groups attached to an aromatic ring is 1. The molecule has 3 heterocycles. The molecular formula is C26H31N7O3S2. The minimum absolute atomic E-state index is 0.0804. The van der Waals surface area contributed by atoms with E-state index in [-0.39, 0.29) is 23.8 Å². The second-order valence-corrected chi connectivity index (χ2v) is 12.1. The van der Waals surface area contributed by atoms with E-state index < -0.39 is 10.0 Å². The van der Waals surface area contributed by atoms with Gasteiger partial charge >= 0.3 is 0 Å². The number of hydrogen-bond donors (Lipinski definition) is 5. The van der Waals surface area contributed by atoms with Gasteiger partial charge in [-0.3, -0.25) is 0 Å². The lowest BCUT2D eigenvalue weighted by Crippen LogP contribution is -2.45. The van der Waals surface area contributed by atoms with Crippen molar-refractivity contribution < 1.29 is 13.5 Å². The van der Waals surface area contributed by atoms with Crippen molar-refractivity contribution in [1.82, 2.24) is 19.9 Å². The molecule has 6 N–H and O–H groups in total. The van der Waals surface area contributed by atoms with Crippen LogP contribution in [0.5, 0.6) is 0 Å². The first-order valence-corrected chi connectivity index (χ1v) is 14.7. The predicted molar refractivity (Wildman–Crippen MR) is 153 cm³/mol. The van der Waals surface area contributed by atoms with Crippen LogP contribution in [-0.2, 0) is 10.0 Å². The zero-order valence-electron chi connectivity index (χ0n) is 20.7. The maximum atomic E-state index is 13.1. The molecule has 12 heteroatoms. The van der Waals surface area contributed by atoms with E-state index >= 15 is 0 Å². The molecule has 1 aromatic heterocycles. The van der Waals surface area contributed by atoms with Crippen molar-refractivity contribution in [3.63, 3.8) is 0 Å². The smallest absolute Gasteiger partial charge is 0.243 e. The van der Waals surface area contributed by atoms with Gasteiger partial charge in [0.25, 0.3) is 0 Å². The number of benzene rings is 2. The van der Waals surface area contributed by atoms with E-state index in [9.17, 15) is 8.42 Å². The van der Waals surface area contributed by atoms with E-state index in [1.54, 1.807) is 30.5 Å². The average molecular weight is 554 g/mol. The molecule has 2 aliphatic rings. The summed E-state index contributed by atoms with van der Waals surface area (Å²) in [4.78, 5) is 9.06. The highest BCUT2D eigenvalue weighted by molar-refractivity contribution is 7.89. The third kappa shape index (κ3) is 6.22. The van der Waals surface area contributed by atoms with Crippen molar-refractivity contribution in [2.45, 2.75) is 30.1 Å². The summed E-state index contributed by atoms with van der Waals surface area (Å²) in [6.45, 7) is 1.53. The van der Waals surface area contributed by atoms with Crippen molar-refractivity contribution in [2.75, 3.05) is 37.3 Å². The fourth-order valence-corrected chi connectivity index (χ4v) is 6.69. The summed E-state index contributed by atoms with van der Waals surface area (Å²) in [5.74, 6) is 0. The van der Waals surface area contributed by atoms with Gasteiger partial charge in [-0.05, 0) is 54.8 Å². The van der Waals surface area contributed by atoms with Gasteiger partial charge in [-0.2, -0.15) is 4.31 Å². The molecule has 1 saturated heterocycles. The second-order valence-electron chi connectivity index (χ2n) is 9.13. The lowest BCUT2D eigenvalue weighted by atomic mass is 10.1. The number of aliphatic hydroxyl groups is 1. The zero-order valence-corrected chi connectivity index (χ0v) is 22.4. The molecular weight excluding hydrogens is 522 g/mol. The van der Waals surface area contributed by atoms with Crippen LogP contribution in [0.3, 0.4) is 0 Å². The van der Waals surface area contributed by atoms with Crippen LogP contribution < -0.4 is 21.7 Å². The highest BCUT2D eigenvalue weighted by atomic mass is 32.2. The summed E-state index contributed by atoms with van der Waals surface area (Å²) in [5, 5.41) is 19.2. The van der Waals surface area contributed by atoms with Gasteiger partial charge in [0.15, 0.2) is 11.4 Å². The molecule has 200 valence electrons. The summed E-state index contributed by atoms with van der Waals surface area (Å²) >= 11 is 1.47. The van der Waals surface area contributed by atoms with E-state index in [1.807, 2.05) is 30.5 Å². The Hall–Kier alpha value is -3.29. The van der Waals surface area contributed by atoms with Crippen LogP contribution >= 0.6 is 11.3 Å². The van der Waals surface area contributed by atoms with Crippen LogP contribution in [0.4, 0.5) is 10.8 Å². The highest BCUT2D eigenvalue weighted by Gasteiger charge is 2.29. The predicted octanol–water partition coefficient (Wildman–Crippen LogP) is 2.58. The fraction of sp³-hybridized carbons (Fsp3) is 0.308. The number of nitrogens with zero attached hydrogens (tertiary/aromatic N) is 3. The van der Waals surface area contributed by atoms with Gasteiger partial charge in [-0.1, -0.05) is 29.6 Å². The molecule has 0 radical (unpaired) electrons. The maximum Gasteiger partial charge on any atom is 0.243 e. The molecule has 5 rings (SSSR count). The number of aliphatic imine (C=N–C) groups is 1. The first-order valence-electron chi connectivity index (χ1n) is 12.5. The van der Waals surface area contributed by atoms with Gasteiger partial charge in [0.2, 0.25) is 10.0 Å². The number of hydrogen-bond acceptors (Lipinski definition) is 10. The summed E-state index contributed by atoms with van der Waals surface area (Å²) in [6, 6.07) is 13.0. The number of aliphatic hydroxyl groups excluding tert-OH is 1. The molecule has 0 spiro atoms. The number of nitrogens with one attached hydrogen (secondary N) is 3. The van der Waals surface area contributed by atoms with Gasteiger partial charge in [0, 0.05) is 49.4 Å². The quantitative estimate of drug-likeness (QED) is 0.272. The van der Waals surface area contributed by atoms with Crippen LogP contribution in [0.15, 0.2) is 70.2 Å². The molecule has 2 aromatic carbocycles. The Bertz CT molecular complexity index is 1460. The number of allylic oxidation sites excluding steroid dienone is 2.